The van der Waals surface area contributed by atoms with Crippen molar-refractivity contribution in [3.63, 3.8) is 0 Å². The Hall–Kier alpha value is -3.99. The van der Waals surface area contributed by atoms with Crippen molar-refractivity contribution >= 4 is 34.6 Å². The van der Waals surface area contributed by atoms with E-state index in [1.54, 1.807) is 28.8 Å². The number of carbonyl (C=O) groups is 3. The molecule has 0 aliphatic heterocycles. The summed E-state index contributed by atoms with van der Waals surface area (Å²) in [5, 5.41) is 11.7. The number of imidazole rings is 1. The normalized spacial score (nSPS) is 14.0. The van der Waals surface area contributed by atoms with Crippen molar-refractivity contribution in [3.05, 3.63) is 59.2 Å². The summed E-state index contributed by atoms with van der Waals surface area (Å²) >= 11 is 0. The van der Waals surface area contributed by atoms with Gasteiger partial charge in [-0.25, -0.2) is 4.98 Å². The minimum Gasteiger partial charge on any atom is -0.370 e. The first-order valence-electron chi connectivity index (χ1n) is 10.5. The van der Waals surface area contributed by atoms with Gasteiger partial charge < -0.3 is 10.3 Å². The molecule has 1 saturated carbocycles. The maximum absolute atomic E-state index is 12.7. The lowest BCUT2D eigenvalue weighted by atomic mass is 9.94. The molecule has 1 fully saturated rings. The number of fused-ring (bicyclic) bond motifs is 1. The fourth-order valence-corrected chi connectivity index (χ4v) is 3.72. The van der Waals surface area contributed by atoms with E-state index in [1.165, 1.54) is 0 Å². The van der Waals surface area contributed by atoms with E-state index in [4.69, 9.17) is 11.0 Å². The molecule has 2 amide bonds. The van der Waals surface area contributed by atoms with Crippen LogP contribution < -0.4 is 11.1 Å². The van der Waals surface area contributed by atoms with Gasteiger partial charge in [0, 0.05) is 30.4 Å². The molecule has 3 N–H and O–H groups in total. The third kappa shape index (κ3) is 4.37. The number of carbonyl (C=O) groups excluding carboxylic acids is 3. The van der Waals surface area contributed by atoms with Gasteiger partial charge in [0.15, 0.2) is 0 Å². The fourth-order valence-electron chi connectivity index (χ4n) is 3.72. The van der Waals surface area contributed by atoms with E-state index in [0.717, 1.165) is 23.9 Å². The summed E-state index contributed by atoms with van der Waals surface area (Å²) in [7, 11) is 0. The van der Waals surface area contributed by atoms with Gasteiger partial charge in [-0.15, -0.1) is 0 Å². The third-order valence-corrected chi connectivity index (χ3v) is 5.76. The van der Waals surface area contributed by atoms with E-state index in [-0.39, 0.29) is 42.4 Å². The molecule has 3 aromatic rings. The highest BCUT2D eigenvalue weighted by molar-refractivity contribution is 6.04. The largest absolute Gasteiger partial charge is 0.370 e. The van der Waals surface area contributed by atoms with Crippen LogP contribution >= 0.6 is 0 Å². The van der Waals surface area contributed by atoms with Crippen LogP contribution in [0.4, 0.5) is 5.95 Å². The van der Waals surface area contributed by atoms with Crippen molar-refractivity contribution < 1.29 is 14.4 Å². The van der Waals surface area contributed by atoms with Crippen molar-refractivity contribution in [2.24, 2.45) is 11.7 Å². The number of benzene rings is 2. The molecule has 0 bridgehead atoms. The summed E-state index contributed by atoms with van der Waals surface area (Å²) in [4.78, 5) is 41.2. The summed E-state index contributed by atoms with van der Waals surface area (Å²) in [6.45, 7) is 2.16. The summed E-state index contributed by atoms with van der Waals surface area (Å²) < 4.78 is 1.73. The number of hydrogen-bond donors (Lipinski definition) is 2. The fraction of sp³-hybridized carbons (Fsp3) is 0.292. The number of rotatable bonds is 8. The molecule has 0 radical (unpaired) electrons. The van der Waals surface area contributed by atoms with Crippen LogP contribution in [0.15, 0.2) is 42.5 Å². The molecule has 1 aromatic heterocycles. The number of Topliss-reactive ketones (excluding diaryl/α,β-unsaturated/α-hetero) is 1. The average molecular weight is 429 g/mol. The monoisotopic (exact) mass is 429 g/mol. The van der Waals surface area contributed by atoms with Gasteiger partial charge in [0.1, 0.15) is 5.78 Å². The van der Waals surface area contributed by atoms with Gasteiger partial charge in [0.25, 0.3) is 5.91 Å². The minimum atomic E-state index is -0.462. The van der Waals surface area contributed by atoms with E-state index in [0.29, 0.717) is 16.6 Å². The highest BCUT2D eigenvalue weighted by Gasteiger charge is 2.33. The Balaban J connectivity index is 1.66. The molecule has 1 heterocycles. The van der Waals surface area contributed by atoms with E-state index >= 15 is 0 Å². The molecule has 162 valence electrons. The van der Waals surface area contributed by atoms with Crippen LogP contribution in [0.2, 0.25) is 0 Å². The van der Waals surface area contributed by atoms with Gasteiger partial charge in [-0.1, -0.05) is 13.0 Å². The Morgan fingerprint density at radius 2 is 1.94 bits per heavy atom. The van der Waals surface area contributed by atoms with Crippen LogP contribution in [0.1, 0.15) is 53.6 Å². The van der Waals surface area contributed by atoms with Crippen molar-refractivity contribution in [2.45, 2.75) is 38.6 Å². The zero-order valence-electron chi connectivity index (χ0n) is 17.7. The van der Waals surface area contributed by atoms with Crippen LogP contribution in [0.25, 0.3) is 11.0 Å². The zero-order valence-corrected chi connectivity index (χ0v) is 17.7. The highest BCUT2D eigenvalue weighted by atomic mass is 16.2. The molecule has 8 nitrogen and oxygen atoms in total. The van der Waals surface area contributed by atoms with Crippen LogP contribution in [0.3, 0.4) is 0 Å². The van der Waals surface area contributed by atoms with Crippen LogP contribution in [0, 0.1) is 17.2 Å². The molecular weight excluding hydrogens is 406 g/mol. The summed E-state index contributed by atoms with van der Waals surface area (Å²) in [5.41, 5.74) is 8.39. The third-order valence-electron chi connectivity index (χ3n) is 5.76. The maximum atomic E-state index is 12.7. The number of nitrogens with zero attached hydrogens (tertiary/aromatic N) is 3. The molecule has 32 heavy (non-hydrogen) atoms. The predicted molar refractivity (Wildman–Crippen MR) is 119 cm³/mol. The lowest BCUT2D eigenvalue weighted by molar-refractivity contribution is -0.121. The van der Waals surface area contributed by atoms with Crippen molar-refractivity contribution in [2.75, 3.05) is 5.32 Å². The van der Waals surface area contributed by atoms with Crippen LogP contribution in [-0.2, 0) is 16.1 Å². The number of ketones is 1. The van der Waals surface area contributed by atoms with E-state index in [2.05, 4.69) is 10.3 Å². The Morgan fingerprint density at radius 1 is 1.22 bits per heavy atom. The van der Waals surface area contributed by atoms with E-state index < -0.39 is 5.91 Å². The summed E-state index contributed by atoms with van der Waals surface area (Å²) in [6, 6.07) is 13.9. The average Bonchev–Trinajstić information content (AvgIpc) is 3.59. The molecule has 4 rings (SSSR count). The van der Waals surface area contributed by atoms with Gasteiger partial charge in [-0.2, -0.15) is 5.26 Å². The lowest BCUT2D eigenvalue weighted by Crippen LogP contribution is -2.18. The number of nitrogens with one attached hydrogen (secondary N) is 1. The van der Waals surface area contributed by atoms with Crippen molar-refractivity contribution in [3.8, 4) is 6.07 Å². The molecule has 2 aromatic carbocycles. The molecular formula is C24H23N5O3. The zero-order chi connectivity index (χ0) is 22.8. The Labute approximate surface area is 185 Å². The van der Waals surface area contributed by atoms with Crippen LogP contribution in [0.5, 0.6) is 0 Å². The number of nitriles is 1. The molecule has 0 saturated heterocycles. The molecule has 1 unspecified atom stereocenters. The topological polar surface area (TPSA) is 131 Å². The molecule has 1 aliphatic carbocycles. The number of anilines is 1. The van der Waals surface area contributed by atoms with Gasteiger partial charge >= 0.3 is 0 Å². The van der Waals surface area contributed by atoms with E-state index in [9.17, 15) is 14.4 Å². The van der Waals surface area contributed by atoms with Crippen molar-refractivity contribution in [1.29, 1.82) is 5.26 Å². The second-order valence-electron chi connectivity index (χ2n) is 8.09. The Bertz CT molecular complexity index is 1250. The molecule has 8 heteroatoms. The quantitative estimate of drug-likeness (QED) is 0.568. The van der Waals surface area contributed by atoms with Gasteiger partial charge in [-0.3, -0.25) is 19.7 Å². The number of hydrogen-bond acceptors (Lipinski definition) is 5. The second-order valence-corrected chi connectivity index (χ2v) is 8.09. The predicted octanol–water partition coefficient (Wildman–Crippen LogP) is 3.12. The first-order chi connectivity index (χ1) is 15.4. The van der Waals surface area contributed by atoms with Gasteiger partial charge in [0.2, 0.25) is 11.9 Å². The van der Waals surface area contributed by atoms with Gasteiger partial charge in [-0.05, 0) is 54.8 Å². The Morgan fingerprint density at radius 3 is 2.56 bits per heavy atom. The van der Waals surface area contributed by atoms with E-state index in [1.807, 2.05) is 31.2 Å². The molecule has 1 atom stereocenters. The summed E-state index contributed by atoms with van der Waals surface area (Å²) in [6.07, 6.45) is 2.00. The van der Waals surface area contributed by atoms with Crippen molar-refractivity contribution in [1.82, 2.24) is 9.55 Å². The minimum absolute atomic E-state index is 0.0868. The number of aryl methyl sites for hydroxylation is 1. The standard InChI is InChI=1S/C24H23N5O3/c1-14(22(31)16-6-7-16)18-8-9-20-19(12-18)27-24(29(20)11-10-21(26)30)28-23(32)17-4-2-15(13-25)3-5-17/h2-5,8-9,12,14,16H,6-7,10-11H2,1H3,(H2,26,30)(H,27,28,32). The highest BCUT2D eigenvalue weighted by Crippen LogP contribution is 2.36. The van der Waals surface area contributed by atoms with Crippen LogP contribution in [-0.4, -0.2) is 27.1 Å². The second kappa shape index (κ2) is 8.63. The summed E-state index contributed by atoms with van der Waals surface area (Å²) in [5.74, 6) is -0.379. The lowest BCUT2D eigenvalue weighted by Gasteiger charge is -2.11. The maximum Gasteiger partial charge on any atom is 0.257 e. The smallest absolute Gasteiger partial charge is 0.257 e. The number of primary amides is 1. The first kappa shape index (κ1) is 21.2. The number of nitrogens with two attached hydrogens (primary N) is 1. The Kier molecular flexibility index (Phi) is 5.73. The first-order valence-corrected chi connectivity index (χ1v) is 10.5. The van der Waals surface area contributed by atoms with Gasteiger partial charge in [0.05, 0.1) is 22.7 Å². The number of amides is 2. The SMILES string of the molecule is CC(C(=O)C1CC1)c1ccc2c(c1)nc(NC(=O)c1ccc(C#N)cc1)n2CCC(N)=O. The molecule has 0 spiro atoms. The molecule has 1 aliphatic rings. The number of aromatic nitrogens is 2.